The first kappa shape index (κ1) is 15.4. The summed E-state index contributed by atoms with van der Waals surface area (Å²) in [5, 5.41) is 2.95. The average Bonchev–Trinajstić information content (AvgIpc) is 2.55. The molecule has 120 valence electrons. The van der Waals surface area contributed by atoms with Crippen molar-refractivity contribution in [3.63, 3.8) is 0 Å². The molecular formula is C19H21NO3. The van der Waals surface area contributed by atoms with Crippen LogP contribution in [-0.2, 0) is 11.2 Å². The summed E-state index contributed by atoms with van der Waals surface area (Å²) in [4.78, 5) is 12.2. The fourth-order valence-corrected chi connectivity index (χ4v) is 2.56. The number of carbonyl (C=O) groups excluding carboxylic acids is 1. The molecule has 4 nitrogen and oxygen atoms in total. The van der Waals surface area contributed by atoms with Crippen molar-refractivity contribution in [3.8, 4) is 11.5 Å². The fourth-order valence-electron chi connectivity index (χ4n) is 2.56. The molecule has 2 aromatic carbocycles. The van der Waals surface area contributed by atoms with Gasteiger partial charge in [0.15, 0.2) is 11.5 Å². The summed E-state index contributed by atoms with van der Waals surface area (Å²) in [6.45, 7) is 5.38. The molecular weight excluding hydrogens is 290 g/mol. The van der Waals surface area contributed by atoms with Crippen molar-refractivity contribution in [2.45, 2.75) is 26.2 Å². The van der Waals surface area contributed by atoms with E-state index in [-0.39, 0.29) is 5.91 Å². The van der Waals surface area contributed by atoms with Gasteiger partial charge in [-0.15, -0.1) is 0 Å². The molecule has 2 aromatic rings. The highest BCUT2D eigenvalue weighted by Crippen LogP contribution is 2.31. The second-order valence-corrected chi connectivity index (χ2v) is 5.98. The largest absolute Gasteiger partial charge is 0.486 e. The third-order valence-corrected chi connectivity index (χ3v) is 3.81. The lowest BCUT2D eigenvalue weighted by molar-refractivity contribution is -0.115. The van der Waals surface area contributed by atoms with Gasteiger partial charge in [0.1, 0.15) is 13.2 Å². The summed E-state index contributed by atoms with van der Waals surface area (Å²) in [6.07, 6.45) is 0.308. The smallest absolute Gasteiger partial charge is 0.228 e. The standard InChI is InChI=1S/C19H21NO3/c1-13(2)15-4-3-5-16(12-15)20-19(21)11-14-6-7-17-18(10-14)23-9-8-22-17/h3-7,10,12-13H,8-9,11H2,1-2H3,(H,20,21). The molecule has 0 saturated carbocycles. The zero-order chi connectivity index (χ0) is 16.2. The van der Waals surface area contributed by atoms with Crippen LogP contribution in [0.25, 0.3) is 0 Å². The van der Waals surface area contributed by atoms with E-state index in [9.17, 15) is 4.79 Å². The van der Waals surface area contributed by atoms with Crippen LogP contribution in [0.2, 0.25) is 0 Å². The third kappa shape index (κ3) is 3.83. The van der Waals surface area contributed by atoms with E-state index in [1.807, 2.05) is 36.4 Å². The Hall–Kier alpha value is -2.49. The van der Waals surface area contributed by atoms with Crippen LogP contribution in [0.15, 0.2) is 42.5 Å². The molecule has 1 aliphatic rings. The van der Waals surface area contributed by atoms with Crippen molar-refractivity contribution in [2.24, 2.45) is 0 Å². The van der Waals surface area contributed by atoms with Gasteiger partial charge in [0.25, 0.3) is 0 Å². The van der Waals surface area contributed by atoms with Crippen molar-refractivity contribution >= 4 is 11.6 Å². The highest BCUT2D eigenvalue weighted by Gasteiger charge is 2.13. The number of hydrogen-bond donors (Lipinski definition) is 1. The Balaban J connectivity index is 1.66. The molecule has 4 heteroatoms. The molecule has 1 N–H and O–H groups in total. The maximum atomic E-state index is 12.2. The molecule has 0 atom stereocenters. The van der Waals surface area contributed by atoms with Gasteiger partial charge < -0.3 is 14.8 Å². The van der Waals surface area contributed by atoms with Crippen LogP contribution in [0.1, 0.15) is 30.9 Å². The first-order valence-corrected chi connectivity index (χ1v) is 7.90. The van der Waals surface area contributed by atoms with Crippen molar-refractivity contribution in [2.75, 3.05) is 18.5 Å². The summed E-state index contributed by atoms with van der Waals surface area (Å²) in [5.41, 5.74) is 2.95. The van der Waals surface area contributed by atoms with Gasteiger partial charge in [-0.1, -0.05) is 32.0 Å². The van der Waals surface area contributed by atoms with E-state index >= 15 is 0 Å². The summed E-state index contributed by atoms with van der Waals surface area (Å²) in [5.74, 6) is 1.85. The minimum absolute atomic E-state index is 0.0393. The number of nitrogens with one attached hydrogen (secondary N) is 1. The maximum absolute atomic E-state index is 12.2. The van der Waals surface area contributed by atoms with E-state index in [2.05, 4.69) is 25.2 Å². The highest BCUT2D eigenvalue weighted by atomic mass is 16.6. The molecule has 0 aromatic heterocycles. The van der Waals surface area contributed by atoms with Gasteiger partial charge in [0.2, 0.25) is 5.91 Å². The Labute approximate surface area is 136 Å². The van der Waals surface area contributed by atoms with Crippen LogP contribution in [-0.4, -0.2) is 19.1 Å². The first-order valence-electron chi connectivity index (χ1n) is 7.90. The summed E-state index contributed by atoms with van der Waals surface area (Å²) in [6, 6.07) is 13.6. The number of anilines is 1. The van der Waals surface area contributed by atoms with Gasteiger partial charge in [0, 0.05) is 5.69 Å². The summed E-state index contributed by atoms with van der Waals surface area (Å²) >= 11 is 0. The number of ether oxygens (including phenoxy) is 2. The van der Waals surface area contributed by atoms with Crippen LogP contribution < -0.4 is 14.8 Å². The van der Waals surface area contributed by atoms with Crippen molar-refractivity contribution in [3.05, 3.63) is 53.6 Å². The predicted molar refractivity (Wildman–Crippen MR) is 90.3 cm³/mol. The number of carbonyl (C=O) groups is 1. The fraction of sp³-hybridized carbons (Fsp3) is 0.316. The zero-order valence-corrected chi connectivity index (χ0v) is 13.5. The Kier molecular flexibility index (Phi) is 4.51. The minimum Gasteiger partial charge on any atom is -0.486 e. The lowest BCUT2D eigenvalue weighted by Crippen LogP contribution is -2.17. The third-order valence-electron chi connectivity index (χ3n) is 3.81. The number of benzene rings is 2. The average molecular weight is 311 g/mol. The number of fused-ring (bicyclic) bond motifs is 1. The molecule has 0 radical (unpaired) electrons. The molecule has 0 unspecified atom stereocenters. The normalized spacial score (nSPS) is 13.0. The van der Waals surface area contributed by atoms with Crippen LogP contribution in [0, 0.1) is 0 Å². The van der Waals surface area contributed by atoms with E-state index in [1.54, 1.807) is 0 Å². The molecule has 0 fully saturated rings. The van der Waals surface area contributed by atoms with Gasteiger partial charge in [-0.05, 0) is 41.3 Å². The molecule has 1 heterocycles. The van der Waals surface area contributed by atoms with Crippen molar-refractivity contribution in [1.82, 2.24) is 0 Å². The van der Waals surface area contributed by atoms with Crippen molar-refractivity contribution < 1.29 is 14.3 Å². The molecule has 1 aliphatic heterocycles. The Morgan fingerprint density at radius 1 is 1.09 bits per heavy atom. The van der Waals surface area contributed by atoms with E-state index in [1.165, 1.54) is 5.56 Å². The Bertz CT molecular complexity index is 710. The zero-order valence-electron chi connectivity index (χ0n) is 13.5. The van der Waals surface area contributed by atoms with Crippen LogP contribution in [0.4, 0.5) is 5.69 Å². The van der Waals surface area contributed by atoms with Gasteiger partial charge >= 0.3 is 0 Å². The SMILES string of the molecule is CC(C)c1cccc(NC(=O)Cc2ccc3c(c2)OCCO3)c1. The van der Waals surface area contributed by atoms with Gasteiger partial charge in [-0.25, -0.2) is 0 Å². The van der Waals surface area contributed by atoms with E-state index in [4.69, 9.17) is 9.47 Å². The highest BCUT2D eigenvalue weighted by molar-refractivity contribution is 5.92. The van der Waals surface area contributed by atoms with Gasteiger partial charge in [-0.3, -0.25) is 4.79 Å². The number of rotatable bonds is 4. The first-order chi connectivity index (χ1) is 11.1. The quantitative estimate of drug-likeness (QED) is 0.935. The molecule has 0 saturated heterocycles. The number of amides is 1. The molecule has 3 rings (SSSR count). The Morgan fingerprint density at radius 3 is 2.65 bits per heavy atom. The van der Waals surface area contributed by atoms with E-state index in [0.29, 0.717) is 31.3 Å². The molecule has 23 heavy (non-hydrogen) atoms. The summed E-state index contributed by atoms with van der Waals surface area (Å²) in [7, 11) is 0. The monoisotopic (exact) mass is 311 g/mol. The summed E-state index contributed by atoms with van der Waals surface area (Å²) < 4.78 is 11.0. The molecule has 1 amide bonds. The van der Waals surface area contributed by atoms with E-state index in [0.717, 1.165) is 17.0 Å². The molecule has 0 aliphatic carbocycles. The topological polar surface area (TPSA) is 47.6 Å². The van der Waals surface area contributed by atoms with Crippen LogP contribution in [0.5, 0.6) is 11.5 Å². The molecule has 0 bridgehead atoms. The van der Waals surface area contributed by atoms with Gasteiger partial charge in [-0.2, -0.15) is 0 Å². The lowest BCUT2D eigenvalue weighted by atomic mass is 10.0. The lowest BCUT2D eigenvalue weighted by Gasteiger charge is -2.18. The minimum atomic E-state index is -0.0393. The van der Waals surface area contributed by atoms with E-state index < -0.39 is 0 Å². The van der Waals surface area contributed by atoms with Crippen LogP contribution in [0.3, 0.4) is 0 Å². The maximum Gasteiger partial charge on any atom is 0.228 e. The Morgan fingerprint density at radius 2 is 1.87 bits per heavy atom. The molecule has 0 spiro atoms. The number of hydrogen-bond acceptors (Lipinski definition) is 3. The van der Waals surface area contributed by atoms with Gasteiger partial charge in [0.05, 0.1) is 6.42 Å². The van der Waals surface area contributed by atoms with Crippen molar-refractivity contribution in [1.29, 1.82) is 0 Å². The predicted octanol–water partition coefficient (Wildman–Crippen LogP) is 3.76. The second kappa shape index (κ2) is 6.73. The van der Waals surface area contributed by atoms with Crippen LogP contribution >= 0.6 is 0 Å². The second-order valence-electron chi connectivity index (χ2n) is 5.98.